The largest absolute Gasteiger partial charge is 0.472 e. The van der Waals surface area contributed by atoms with Crippen molar-refractivity contribution in [1.29, 1.82) is 0 Å². The van der Waals surface area contributed by atoms with Crippen molar-refractivity contribution >= 4 is 11.8 Å². The summed E-state index contributed by atoms with van der Waals surface area (Å²) < 4.78 is 10.1. The molecule has 22 heavy (non-hydrogen) atoms. The molecule has 1 atom stereocenters. The Bertz CT molecular complexity index is 619. The maximum atomic E-state index is 12.3. The molecule has 116 valence electrons. The minimum Gasteiger partial charge on any atom is -0.472 e. The maximum absolute atomic E-state index is 12.3. The lowest BCUT2D eigenvalue weighted by Gasteiger charge is -2.31. The highest BCUT2D eigenvalue weighted by Gasteiger charge is 2.29. The molecule has 0 spiro atoms. The first kappa shape index (κ1) is 14.4. The Balaban J connectivity index is 1.55. The first-order valence-electron chi connectivity index (χ1n) is 7.35. The summed E-state index contributed by atoms with van der Waals surface area (Å²) in [7, 11) is 0. The molecule has 3 rings (SSSR count). The molecular formula is C16H18N2O4. The van der Waals surface area contributed by atoms with Gasteiger partial charge in [0.25, 0.3) is 5.91 Å². The van der Waals surface area contributed by atoms with Crippen molar-refractivity contribution in [2.75, 3.05) is 13.1 Å². The Morgan fingerprint density at radius 3 is 2.95 bits per heavy atom. The number of carbonyl (C=O) groups excluding carboxylic acids is 2. The molecule has 1 aliphatic heterocycles. The Labute approximate surface area is 128 Å². The van der Waals surface area contributed by atoms with E-state index < -0.39 is 0 Å². The van der Waals surface area contributed by atoms with E-state index in [1.54, 1.807) is 23.3 Å². The highest BCUT2D eigenvalue weighted by atomic mass is 16.3. The molecule has 1 aliphatic rings. The number of hydrogen-bond donors (Lipinski definition) is 1. The first-order valence-corrected chi connectivity index (χ1v) is 7.35. The van der Waals surface area contributed by atoms with Gasteiger partial charge in [0, 0.05) is 13.1 Å². The molecule has 2 aromatic heterocycles. The standard InChI is InChI=1S/C16H18N2O4/c19-15(17-9-14-4-2-7-22-14)12-3-1-6-18(10-12)16(20)13-5-8-21-11-13/h2,4-5,7-8,11-12H,1,3,6,9-10H2,(H,17,19)/t12-/m1/s1. The zero-order valence-corrected chi connectivity index (χ0v) is 12.2. The second kappa shape index (κ2) is 6.51. The topological polar surface area (TPSA) is 75.7 Å². The van der Waals surface area contributed by atoms with Crippen LogP contribution < -0.4 is 5.32 Å². The van der Waals surface area contributed by atoms with Crippen LogP contribution in [0.15, 0.2) is 45.8 Å². The van der Waals surface area contributed by atoms with Crippen LogP contribution in [0.2, 0.25) is 0 Å². The smallest absolute Gasteiger partial charge is 0.257 e. The zero-order valence-electron chi connectivity index (χ0n) is 12.2. The summed E-state index contributed by atoms with van der Waals surface area (Å²) in [6, 6.07) is 5.24. The molecule has 0 bridgehead atoms. The van der Waals surface area contributed by atoms with Gasteiger partial charge in [-0.2, -0.15) is 0 Å². The van der Waals surface area contributed by atoms with Gasteiger partial charge in [0.05, 0.1) is 30.6 Å². The van der Waals surface area contributed by atoms with Gasteiger partial charge < -0.3 is 19.1 Å². The monoisotopic (exact) mass is 302 g/mol. The lowest BCUT2D eigenvalue weighted by atomic mass is 9.96. The van der Waals surface area contributed by atoms with Gasteiger partial charge in [-0.3, -0.25) is 9.59 Å². The third-order valence-electron chi connectivity index (χ3n) is 3.86. The minimum atomic E-state index is -0.181. The number of nitrogens with one attached hydrogen (secondary N) is 1. The summed E-state index contributed by atoms with van der Waals surface area (Å²) in [5.74, 6) is 0.411. The van der Waals surface area contributed by atoms with E-state index in [2.05, 4.69) is 5.32 Å². The van der Waals surface area contributed by atoms with Crippen LogP contribution in [0.5, 0.6) is 0 Å². The van der Waals surface area contributed by atoms with Gasteiger partial charge in [-0.25, -0.2) is 0 Å². The molecule has 6 nitrogen and oxygen atoms in total. The van der Waals surface area contributed by atoms with Crippen molar-refractivity contribution in [3.8, 4) is 0 Å². The number of likely N-dealkylation sites (tertiary alicyclic amines) is 1. The van der Waals surface area contributed by atoms with Gasteiger partial charge in [0.15, 0.2) is 0 Å². The van der Waals surface area contributed by atoms with Crippen molar-refractivity contribution in [3.05, 3.63) is 48.3 Å². The van der Waals surface area contributed by atoms with Crippen LogP contribution >= 0.6 is 0 Å². The predicted molar refractivity (Wildman–Crippen MR) is 77.9 cm³/mol. The molecule has 0 saturated carbocycles. The van der Waals surface area contributed by atoms with Crippen LogP contribution in [0.1, 0.15) is 29.0 Å². The molecule has 6 heteroatoms. The van der Waals surface area contributed by atoms with E-state index in [0.29, 0.717) is 25.2 Å². The van der Waals surface area contributed by atoms with Gasteiger partial charge in [0.1, 0.15) is 12.0 Å². The van der Waals surface area contributed by atoms with E-state index in [-0.39, 0.29) is 17.7 Å². The SMILES string of the molecule is O=C(NCc1ccco1)[C@@H]1CCCN(C(=O)c2ccoc2)C1. The quantitative estimate of drug-likeness (QED) is 0.937. The molecule has 1 fully saturated rings. The van der Waals surface area contributed by atoms with E-state index >= 15 is 0 Å². The number of amides is 2. The summed E-state index contributed by atoms with van der Waals surface area (Å²) in [6.07, 6.45) is 6.10. The molecule has 2 aromatic rings. The zero-order chi connectivity index (χ0) is 15.4. The van der Waals surface area contributed by atoms with Crippen LogP contribution in [0.25, 0.3) is 0 Å². The fourth-order valence-corrected chi connectivity index (χ4v) is 2.68. The number of rotatable bonds is 4. The van der Waals surface area contributed by atoms with Crippen LogP contribution in [0, 0.1) is 5.92 Å². The van der Waals surface area contributed by atoms with E-state index in [1.165, 1.54) is 12.5 Å². The third kappa shape index (κ3) is 3.21. The first-order chi connectivity index (χ1) is 10.7. The average Bonchev–Trinajstić information content (AvgIpc) is 3.25. The van der Waals surface area contributed by atoms with Gasteiger partial charge in [-0.1, -0.05) is 0 Å². The maximum Gasteiger partial charge on any atom is 0.257 e. The number of nitrogens with zero attached hydrogens (tertiary/aromatic N) is 1. The number of piperidine rings is 1. The number of hydrogen-bond acceptors (Lipinski definition) is 4. The lowest BCUT2D eigenvalue weighted by Crippen LogP contribution is -2.45. The highest BCUT2D eigenvalue weighted by Crippen LogP contribution is 2.19. The number of carbonyl (C=O) groups is 2. The van der Waals surface area contributed by atoms with Crippen molar-refractivity contribution in [1.82, 2.24) is 10.2 Å². The van der Waals surface area contributed by atoms with Crippen LogP contribution in [-0.2, 0) is 11.3 Å². The summed E-state index contributed by atoms with van der Waals surface area (Å²) in [5.41, 5.74) is 0.525. The fourth-order valence-electron chi connectivity index (χ4n) is 2.68. The van der Waals surface area contributed by atoms with E-state index in [9.17, 15) is 9.59 Å². The van der Waals surface area contributed by atoms with E-state index in [0.717, 1.165) is 18.6 Å². The van der Waals surface area contributed by atoms with Gasteiger partial charge >= 0.3 is 0 Å². The van der Waals surface area contributed by atoms with Gasteiger partial charge in [-0.15, -0.1) is 0 Å². The lowest BCUT2D eigenvalue weighted by molar-refractivity contribution is -0.126. The molecule has 0 aromatic carbocycles. The number of furan rings is 2. The van der Waals surface area contributed by atoms with Crippen molar-refractivity contribution < 1.29 is 18.4 Å². The average molecular weight is 302 g/mol. The summed E-state index contributed by atoms with van der Waals surface area (Å²) in [6.45, 7) is 1.48. The Morgan fingerprint density at radius 2 is 2.23 bits per heavy atom. The third-order valence-corrected chi connectivity index (χ3v) is 3.86. The van der Waals surface area contributed by atoms with Crippen molar-refractivity contribution in [2.45, 2.75) is 19.4 Å². The van der Waals surface area contributed by atoms with Crippen LogP contribution in [-0.4, -0.2) is 29.8 Å². The second-order valence-electron chi connectivity index (χ2n) is 5.40. The molecular weight excluding hydrogens is 284 g/mol. The Kier molecular flexibility index (Phi) is 4.27. The molecule has 1 saturated heterocycles. The van der Waals surface area contributed by atoms with Crippen LogP contribution in [0.4, 0.5) is 0 Å². The van der Waals surface area contributed by atoms with Gasteiger partial charge in [0.2, 0.25) is 5.91 Å². The molecule has 0 radical (unpaired) electrons. The van der Waals surface area contributed by atoms with Crippen LogP contribution in [0.3, 0.4) is 0 Å². The molecule has 2 amide bonds. The van der Waals surface area contributed by atoms with Crippen molar-refractivity contribution in [2.24, 2.45) is 5.92 Å². The van der Waals surface area contributed by atoms with Crippen molar-refractivity contribution in [3.63, 3.8) is 0 Å². The summed E-state index contributed by atoms with van der Waals surface area (Å²) in [5, 5.41) is 2.86. The van der Waals surface area contributed by atoms with E-state index in [4.69, 9.17) is 8.83 Å². The second-order valence-corrected chi connectivity index (χ2v) is 5.40. The van der Waals surface area contributed by atoms with E-state index in [1.807, 2.05) is 6.07 Å². The Morgan fingerprint density at radius 1 is 1.32 bits per heavy atom. The minimum absolute atomic E-state index is 0.0407. The fraction of sp³-hybridized carbons (Fsp3) is 0.375. The summed E-state index contributed by atoms with van der Waals surface area (Å²) in [4.78, 5) is 26.2. The summed E-state index contributed by atoms with van der Waals surface area (Å²) >= 11 is 0. The normalized spacial score (nSPS) is 18.2. The molecule has 0 aliphatic carbocycles. The Hall–Kier alpha value is -2.50. The predicted octanol–water partition coefficient (Wildman–Crippen LogP) is 2.04. The van der Waals surface area contributed by atoms with Gasteiger partial charge in [-0.05, 0) is 31.0 Å². The molecule has 1 N–H and O–H groups in total. The highest BCUT2D eigenvalue weighted by molar-refractivity contribution is 5.94. The molecule has 0 unspecified atom stereocenters. The molecule has 3 heterocycles.